The highest BCUT2D eigenvalue weighted by Gasteiger charge is 2.43. The zero-order valence-corrected chi connectivity index (χ0v) is 11.6. The molecule has 2 N–H and O–H groups in total. The molecule has 7 nitrogen and oxygen atoms in total. The van der Waals surface area contributed by atoms with Crippen LogP contribution < -0.4 is 10.1 Å². The van der Waals surface area contributed by atoms with E-state index in [0.29, 0.717) is 25.3 Å². The summed E-state index contributed by atoms with van der Waals surface area (Å²) >= 11 is 0. The number of nitrogens with zero attached hydrogens (tertiary/aromatic N) is 2. The van der Waals surface area contributed by atoms with E-state index < -0.39 is 5.60 Å². The fraction of sp³-hybridized carbons (Fsp3) is 0.615. The van der Waals surface area contributed by atoms with E-state index in [1.807, 2.05) is 6.92 Å². The van der Waals surface area contributed by atoms with Crippen molar-refractivity contribution in [2.75, 3.05) is 20.3 Å². The van der Waals surface area contributed by atoms with Crippen LogP contribution in [0.25, 0.3) is 0 Å². The largest absolute Gasteiger partial charge is 0.480 e. The number of aliphatic hydroxyl groups is 1. The number of nitrogens with one attached hydrogen (secondary N) is 1. The lowest BCUT2D eigenvalue weighted by Crippen LogP contribution is -2.55. The van der Waals surface area contributed by atoms with Crippen molar-refractivity contribution in [3.63, 3.8) is 0 Å². The molecule has 0 bridgehead atoms. The molecular formula is C13H19N3O4. The first kappa shape index (κ1) is 14.7. The number of carbonyl (C=O) groups is 1. The molecule has 0 radical (unpaired) electrons. The van der Waals surface area contributed by atoms with Crippen LogP contribution in [-0.4, -0.2) is 53.2 Å². The predicted octanol–water partition coefficient (Wildman–Crippen LogP) is 0.145. The molecule has 110 valence electrons. The standard InChI is InChI=1S/C13H19N3O4/c1-3-20-9-6-13(18,7-9)8-14-12(17)10-4-5-11(19-2)16-15-10/h4-5,9,18H,3,6-8H2,1-2H3,(H,14,17). The van der Waals surface area contributed by atoms with Crippen molar-refractivity contribution in [1.82, 2.24) is 15.5 Å². The van der Waals surface area contributed by atoms with Crippen molar-refractivity contribution in [1.29, 1.82) is 0 Å². The number of rotatable bonds is 6. The quantitative estimate of drug-likeness (QED) is 0.770. The van der Waals surface area contributed by atoms with Crippen molar-refractivity contribution in [2.45, 2.75) is 31.5 Å². The Kier molecular flexibility index (Phi) is 4.51. The van der Waals surface area contributed by atoms with Gasteiger partial charge in [0.25, 0.3) is 5.91 Å². The van der Waals surface area contributed by atoms with Gasteiger partial charge in [-0.2, -0.15) is 0 Å². The van der Waals surface area contributed by atoms with Crippen molar-refractivity contribution in [3.05, 3.63) is 17.8 Å². The molecule has 1 amide bonds. The maximum atomic E-state index is 11.8. The van der Waals surface area contributed by atoms with Gasteiger partial charge < -0.3 is 19.9 Å². The number of aromatic nitrogens is 2. The van der Waals surface area contributed by atoms with Gasteiger partial charge in [-0.1, -0.05) is 0 Å². The molecule has 1 aromatic heterocycles. The molecule has 1 fully saturated rings. The summed E-state index contributed by atoms with van der Waals surface area (Å²) in [7, 11) is 1.48. The predicted molar refractivity (Wildman–Crippen MR) is 70.5 cm³/mol. The van der Waals surface area contributed by atoms with E-state index in [-0.39, 0.29) is 24.2 Å². The zero-order valence-electron chi connectivity index (χ0n) is 11.6. The molecule has 2 rings (SSSR count). The van der Waals surface area contributed by atoms with Crippen LogP contribution in [0.4, 0.5) is 0 Å². The van der Waals surface area contributed by atoms with Crippen molar-refractivity contribution in [2.24, 2.45) is 0 Å². The van der Waals surface area contributed by atoms with Gasteiger partial charge in [0.2, 0.25) is 5.88 Å². The van der Waals surface area contributed by atoms with E-state index in [4.69, 9.17) is 9.47 Å². The minimum Gasteiger partial charge on any atom is -0.480 e. The number of ether oxygens (including phenoxy) is 2. The third kappa shape index (κ3) is 3.43. The second-order valence-corrected chi connectivity index (χ2v) is 4.85. The van der Waals surface area contributed by atoms with Crippen LogP contribution >= 0.6 is 0 Å². The molecule has 1 aliphatic rings. The highest BCUT2D eigenvalue weighted by atomic mass is 16.5. The topological polar surface area (TPSA) is 93.6 Å². The van der Waals surface area contributed by atoms with E-state index in [2.05, 4.69) is 15.5 Å². The Labute approximate surface area is 117 Å². The molecule has 0 aliphatic heterocycles. The number of hydrogen-bond acceptors (Lipinski definition) is 6. The lowest BCUT2D eigenvalue weighted by Gasteiger charge is -2.43. The molecule has 1 heterocycles. The van der Waals surface area contributed by atoms with E-state index in [1.54, 1.807) is 6.07 Å². The molecule has 1 saturated carbocycles. The maximum absolute atomic E-state index is 11.8. The number of methoxy groups -OCH3 is 1. The molecule has 0 spiro atoms. The zero-order chi connectivity index (χ0) is 14.6. The Hall–Kier alpha value is -1.73. The fourth-order valence-electron chi connectivity index (χ4n) is 2.17. The van der Waals surface area contributed by atoms with Crippen LogP contribution in [0.3, 0.4) is 0 Å². The summed E-state index contributed by atoms with van der Waals surface area (Å²) < 4.78 is 10.2. The molecule has 20 heavy (non-hydrogen) atoms. The average molecular weight is 281 g/mol. The molecule has 1 aliphatic carbocycles. The number of hydrogen-bond donors (Lipinski definition) is 2. The second-order valence-electron chi connectivity index (χ2n) is 4.85. The highest BCUT2D eigenvalue weighted by molar-refractivity contribution is 5.92. The SMILES string of the molecule is CCOC1CC(O)(CNC(=O)c2ccc(OC)nn2)C1. The minimum atomic E-state index is -0.880. The summed E-state index contributed by atoms with van der Waals surface area (Å²) in [5.74, 6) is -0.0211. The van der Waals surface area contributed by atoms with Crippen molar-refractivity contribution < 1.29 is 19.4 Å². The summed E-state index contributed by atoms with van der Waals surface area (Å²) in [6.45, 7) is 2.74. The number of amides is 1. The van der Waals surface area contributed by atoms with Crippen LogP contribution in [0, 0.1) is 0 Å². The van der Waals surface area contributed by atoms with Crippen molar-refractivity contribution in [3.8, 4) is 5.88 Å². The summed E-state index contributed by atoms with van der Waals surface area (Å²) in [6, 6.07) is 3.08. The van der Waals surface area contributed by atoms with Gasteiger partial charge in [-0.3, -0.25) is 4.79 Å². The third-order valence-electron chi connectivity index (χ3n) is 3.28. The Balaban J connectivity index is 1.80. The Morgan fingerprint density at radius 2 is 2.25 bits per heavy atom. The molecule has 0 aromatic carbocycles. The maximum Gasteiger partial charge on any atom is 0.271 e. The van der Waals surface area contributed by atoms with Gasteiger partial charge in [0.1, 0.15) is 0 Å². The van der Waals surface area contributed by atoms with Crippen LogP contribution in [-0.2, 0) is 4.74 Å². The van der Waals surface area contributed by atoms with Crippen LogP contribution in [0.5, 0.6) is 5.88 Å². The van der Waals surface area contributed by atoms with Crippen LogP contribution in [0.15, 0.2) is 12.1 Å². The summed E-state index contributed by atoms with van der Waals surface area (Å²) in [4.78, 5) is 11.8. The van der Waals surface area contributed by atoms with E-state index in [9.17, 15) is 9.90 Å². The minimum absolute atomic E-state index is 0.0858. The molecular weight excluding hydrogens is 262 g/mol. The first-order valence-electron chi connectivity index (χ1n) is 6.56. The van der Waals surface area contributed by atoms with E-state index >= 15 is 0 Å². The Morgan fingerprint density at radius 1 is 1.50 bits per heavy atom. The normalized spacial score (nSPS) is 24.9. The molecule has 1 aromatic rings. The average Bonchev–Trinajstić information content (AvgIpc) is 2.43. The molecule has 0 unspecified atom stereocenters. The fourth-order valence-corrected chi connectivity index (χ4v) is 2.17. The smallest absolute Gasteiger partial charge is 0.271 e. The van der Waals surface area contributed by atoms with Crippen molar-refractivity contribution >= 4 is 5.91 Å². The first-order valence-corrected chi connectivity index (χ1v) is 6.56. The van der Waals surface area contributed by atoms with E-state index in [0.717, 1.165) is 0 Å². The lowest BCUT2D eigenvalue weighted by molar-refractivity contribution is -0.133. The first-order chi connectivity index (χ1) is 9.56. The van der Waals surface area contributed by atoms with Gasteiger partial charge in [-0.15, -0.1) is 10.2 Å². The third-order valence-corrected chi connectivity index (χ3v) is 3.28. The monoisotopic (exact) mass is 281 g/mol. The summed E-state index contributed by atoms with van der Waals surface area (Å²) in [5.41, 5.74) is -0.690. The van der Waals surface area contributed by atoms with Gasteiger partial charge in [0, 0.05) is 32.1 Å². The Morgan fingerprint density at radius 3 is 2.80 bits per heavy atom. The summed E-state index contributed by atoms with van der Waals surface area (Å²) in [6.07, 6.45) is 1.16. The van der Waals surface area contributed by atoms with E-state index in [1.165, 1.54) is 13.2 Å². The molecule has 0 saturated heterocycles. The molecule has 0 atom stereocenters. The molecule has 7 heteroatoms. The van der Waals surface area contributed by atoms with Crippen LogP contribution in [0.1, 0.15) is 30.3 Å². The highest BCUT2D eigenvalue weighted by Crippen LogP contribution is 2.33. The summed E-state index contributed by atoms with van der Waals surface area (Å²) in [5, 5.41) is 20.3. The van der Waals surface area contributed by atoms with Gasteiger partial charge in [-0.25, -0.2) is 0 Å². The Bertz CT molecular complexity index is 457. The second kappa shape index (κ2) is 6.15. The van der Waals surface area contributed by atoms with Gasteiger partial charge in [0.05, 0.1) is 18.8 Å². The van der Waals surface area contributed by atoms with Gasteiger partial charge >= 0.3 is 0 Å². The van der Waals surface area contributed by atoms with Gasteiger partial charge in [-0.05, 0) is 13.0 Å². The van der Waals surface area contributed by atoms with Gasteiger partial charge in [0.15, 0.2) is 5.69 Å². The lowest BCUT2D eigenvalue weighted by atomic mass is 9.77. The number of carbonyl (C=O) groups excluding carboxylic acids is 1. The van der Waals surface area contributed by atoms with Crippen LogP contribution in [0.2, 0.25) is 0 Å².